The second-order valence-corrected chi connectivity index (χ2v) is 2.42. The Kier molecular flexibility index (Phi) is 2.27. The first-order valence-electron chi connectivity index (χ1n) is 3.46. The number of hydrogen-bond donors (Lipinski definition) is 3. The van der Waals surface area contributed by atoms with Gasteiger partial charge in [-0.2, -0.15) is 0 Å². The first-order valence-corrected chi connectivity index (χ1v) is 3.46. The zero-order valence-corrected chi connectivity index (χ0v) is 6.94. The minimum atomic E-state index is -1.12. The Hall–Kier alpha value is -1.91. The molecule has 0 heterocycles. The van der Waals surface area contributed by atoms with E-state index in [0.29, 0.717) is 0 Å². The molecule has 0 unspecified atom stereocenters. The summed E-state index contributed by atoms with van der Waals surface area (Å²) in [5, 5.41) is 17.9. The van der Waals surface area contributed by atoms with Crippen LogP contribution in [-0.2, 0) is 0 Å². The Morgan fingerprint density at radius 2 is 2.15 bits per heavy atom. The molecule has 1 aromatic carbocycles. The number of phenols is 1. The van der Waals surface area contributed by atoms with Crippen LogP contribution in [0.15, 0.2) is 12.1 Å². The summed E-state index contributed by atoms with van der Waals surface area (Å²) < 4.78 is 4.72. The minimum absolute atomic E-state index is 0.0169. The van der Waals surface area contributed by atoms with E-state index < -0.39 is 5.97 Å². The fourth-order valence-corrected chi connectivity index (χ4v) is 0.908. The molecule has 0 saturated carbocycles. The number of phenolic OH excluding ortho intramolecular Hbond substituents is 1. The molecule has 13 heavy (non-hydrogen) atoms. The van der Waals surface area contributed by atoms with Crippen molar-refractivity contribution in [2.45, 2.75) is 0 Å². The quantitative estimate of drug-likeness (QED) is 0.463. The number of anilines is 1. The summed E-state index contributed by atoms with van der Waals surface area (Å²) in [4.78, 5) is 10.5. The van der Waals surface area contributed by atoms with Gasteiger partial charge in [-0.25, -0.2) is 4.79 Å². The lowest BCUT2D eigenvalue weighted by Crippen LogP contribution is -1.99. The third-order valence-corrected chi connectivity index (χ3v) is 1.57. The van der Waals surface area contributed by atoms with Gasteiger partial charge in [0.25, 0.3) is 0 Å². The van der Waals surface area contributed by atoms with Gasteiger partial charge in [0.1, 0.15) is 0 Å². The molecule has 0 saturated heterocycles. The molecule has 0 aliphatic heterocycles. The molecule has 0 aliphatic carbocycles. The molecule has 0 aromatic heterocycles. The largest absolute Gasteiger partial charge is 0.503 e. The van der Waals surface area contributed by atoms with Crippen LogP contribution in [0.25, 0.3) is 0 Å². The van der Waals surface area contributed by atoms with Gasteiger partial charge >= 0.3 is 5.97 Å². The molecule has 0 radical (unpaired) electrons. The predicted molar refractivity (Wildman–Crippen MR) is 46.0 cm³/mol. The third-order valence-electron chi connectivity index (χ3n) is 1.57. The Balaban J connectivity index is 3.30. The molecule has 1 aromatic rings. The van der Waals surface area contributed by atoms with Crippen LogP contribution in [0.3, 0.4) is 0 Å². The summed E-state index contributed by atoms with van der Waals surface area (Å²) in [6.45, 7) is 0. The first-order chi connectivity index (χ1) is 6.06. The monoisotopic (exact) mass is 183 g/mol. The average molecular weight is 183 g/mol. The predicted octanol–water partition coefficient (Wildman–Crippen LogP) is 0.681. The molecular weight excluding hydrogens is 174 g/mol. The van der Waals surface area contributed by atoms with Crippen LogP contribution in [-0.4, -0.2) is 23.3 Å². The molecule has 0 amide bonds. The van der Waals surface area contributed by atoms with Gasteiger partial charge in [0, 0.05) is 0 Å². The minimum Gasteiger partial charge on any atom is -0.503 e. The summed E-state index contributed by atoms with van der Waals surface area (Å²) >= 11 is 0. The van der Waals surface area contributed by atoms with Crippen LogP contribution in [0.2, 0.25) is 0 Å². The maximum Gasteiger partial charge on any atom is 0.335 e. The van der Waals surface area contributed by atoms with Crippen molar-refractivity contribution in [2.75, 3.05) is 12.8 Å². The number of ether oxygens (including phenoxy) is 1. The molecule has 1 rings (SSSR count). The van der Waals surface area contributed by atoms with E-state index in [2.05, 4.69) is 0 Å². The van der Waals surface area contributed by atoms with Crippen molar-refractivity contribution in [3.63, 3.8) is 0 Å². The summed E-state index contributed by atoms with van der Waals surface area (Å²) in [6, 6.07) is 2.37. The van der Waals surface area contributed by atoms with Crippen molar-refractivity contribution in [2.24, 2.45) is 0 Å². The average Bonchev–Trinajstić information content (AvgIpc) is 2.09. The zero-order valence-electron chi connectivity index (χ0n) is 6.94. The van der Waals surface area contributed by atoms with Crippen LogP contribution in [0, 0.1) is 0 Å². The summed E-state index contributed by atoms with van der Waals surface area (Å²) in [5.41, 5.74) is 5.30. The number of aromatic carboxylic acids is 1. The van der Waals surface area contributed by atoms with E-state index in [-0.39, 0.29) is 22.7 Å². The van der Waals surface area contributed by atoms with Crippen molar-refractivity contribution in [3.05, 3.63) is 17.7 Å². The van der Waals surface area contributed by atoms with Crippen molar-refractivity contribution < 1.29 is 19.7 Å². The van der Waals surface area contributed by atoms with Crippen LogP contribution >= 0.6 is 0 Å². The maximum absolute atomic E-state index is 10.5. The van der Waals surface area contributed by atoms with E-state index >= 15 is 0 Å². The molecule has 4 N–H and O–H groups in total. The molecule has 0 fully saturated rings. The van der Waals surface area contributed by atoms with Crippen LogP contribution in [0.5, 0.6) is 11.5 Å². The van der Waals surface area contributed by atoms with Gasteiger partial charge in [0.2, 0.25) is 0 Å². The number of methoxy groups -OCH3 is 1. The molecule has 0 aliphatic rings. The molecule has 0 spiro atoms. The van der Waals surface area contributed by atoms with Crippen LogP contribution in [0.4, 0.5) is 5.69 Å². The van der Waals surface area contributed by atoms with Gasteiger partial charge in [-0.1, -0.05) is 0 Å². The van der Waals surface area contributed by atoms with E-state index in [0.717, 1.165) is 0 Å². The molecular formula is C8H9NO4. The highest BCUT2D eigenvalue weighted by Crippen LogP contribution is 2.33. The lowest BCUT2D eigenvalue weighted by molar-refractivity contribution is 0.0696. The summed E-state index contributed by atoms with van der Waals surface area (Å²) in [5.74, 6) is -1.31. The molecule has 5 nitrogen and oxygen atoms in total. The Morgan fingerprint density at radius 1 is 1.54 bits per heavy atom. The topological polar surface area (TPSA) is 92.8 Å². The molecule has 0 atom stereocenters. The van der Waals surface area contributed by atoms with Crippen molar-refractivity contribution in [1.82, 2.24) is 0 Å². The number of carboxylic acid groups (broad SMARTS) is 1. The van der Waals surface area contributed by atoms with Crippen LogP contribution < -0.4 is 10.5 Å². The first kappa shape index (κ1) is 9.18. The summed E-state index contributed by atoms with van der Waals surface area (Å²) in [6.07, 6.45) is 0. The van der Waals surface area contributed by atoms with Gasteiger partial charge < -0.3 is 20.7 Å². The zero-order chi connectivity index (χ0) is 10.0. The molecule has 0 bridgehead atoms. The van der Waals surface area contributed by atoms with Crippen molar-refractivity contribution in [1.29, 1.82) is 0 Å². The Bertz CT molecular complexity index is 348. The van der Waals surface area contributed by atoms with Gasteiger partial charge in [0.05, 0.1) is 18.4 Å². The van der Waals surface area contributed by atoms with Crippen molar-refractivity contribution >= 4 is 11.7 Å². The Morgan fingerprint density at radius 3 is 2.62 bits per heavy atom. The van der Waals surface area contributed by atoms with Gasteiger partial charge in [-0.3, -0.25) is 0 Å². The lowest BCUT2D eigenvalue weighted by Gasteiger charge is -2.06. The van der Waals surface area contributed by atoms with Gasteiger partial charge in [-0.15, -0.1) is 0 Å². The van der Waals surface area contributed by atoms with E-state index in [4.69, 9.17) is 15.6 Å². The number of benzene rings is 1. The fourth-order valence-electron chi connectivity index (χ4n) is 0.908. The second-order valence-electron chi connectivity index (χ2n) is 2.42. The van der Waals surface area contributed by atoms with Gasteiger partial charge in [0.15, 0.2) is 11.5 Å². The Labute approximate surface area is 74.4 Å². The standard InChI is InChI=1S/C8H9NO4/c1-13-6-3-4(8(11)12)2-5(9)7(6)10/h2-3,10H,9H2,1H3,(H,11,12). The number of carboxylic acids is 1. The maximum atomic E-state index is 10.5. The second kappa shape index (κ2) is 3.22. The third kappa shape index (κ3) is 1.64. The van der Waals surface area contributed by atoms with Gasteiger partial charge in [-0.05, 0) is 12.1 Å². The normalized spacial score (nSPS) is 9.62. The SMILES string of the molecule is COc1cc(C(=O)O)cc(N)c1O. The van der Waals surface area contributed by atoms with Crippen molar-refractivity contribution in [3.8, 4) is 11.5 Å². The number of rotatable bonds is 2. The number of aromatic hydroxyl groups is 1. The highest BCUT2D eigenvalue weighted by atomic mass is 16.5. The molecule has 5 heteroatoms. The van der Waals surface area contributed by atoms with E-state index in [1.807, 2.05) is 0 Å². The number of hydrogen-bond acceptors (Lipinski definition) is 4. The highest BCUT2D eigenvalue weighted by molar-refractivity contribution is 5.90. The number of nitrogen functional groups attached to an aromatic ring is 1. The van der Waals surface area contributed by atoms with E-state index in [1.165, 1.54) is 19.2 Å². The highest BCUT2D eigenvalue weighted by Gasteiger charge is 2.11. The fraction of sp³-hybridized carbons (Fsp3) is 0.125. The smallest absolute Gasteiger partial charge is 0.335 e. The van der Waals surface area contributed by atoms with Crippen LogP contribution in [0.1, 0.15) is 10.4 Å². The van der Waals surface area contributed by atoms with E-state index in [1.54, 1.807) is 0 Å². The summed E-state index contributed by atoms with van der Waals surface area (Å²) in [7, 11) is 1.32. The number of nitrogens with two attached hydrogens (primary N) is 1. The number of carbonyl (C=O) groups is 1. The molecule has 70 valence electrons. The van der Waals surface area contributed by atoms with E-state index in [9.17, 15) is 9.90 Å². The lowest BCUT2D eigenvalue weighted by atomic mass is 10.2.